The SMILES string of the molecule is Cc1ccccc1NC(C)(CO)c1ccccc1Cl. The van der Waals surface area contributed by atoms with Crippen LogP contribution in [0.3, 0.4) is 0 Å². The number of hydrogen-bond donors (Lipinski definition) is 2. The summed E-state index contributed by atoms with van der Waals surface area (Å²) in [6.07, 6.45) is 0. The monoisotopic (exact) mass is 275 g/mol. The zero-order valence-corrected chi connectivity index (χ0v) is 11.9. The number of halogens is 1. The van der Waals surface area contributed by atoms with Crippen LogP contribution in [-0.4, -0.2) is 11.7 Å². The van der Waals surface area contributed by atoms with Crippen molar-refractivity contribution in [3.8, 4) is 0 Å². The van der Waals surface area contributed by atoms with Crippen LogP contribution in [0.25, 0.3) is 0 Å². The third-order valence-electron chi connectivity index (χ3n) is 3.34. The number of para-hydroxylation sites is 1. The summed E-state index contributed by atoms with van der Waals surface area (Å²) in [5, 5.41) is 13.8. The van der Waals surface area contributed by atoms with Gasteiger partial charge in [0.2, 0.25) is 0 Å². The minimum atomic E-state index is -0.607. The van der Waals surface area contributed by atoms with Gasteiger partial charge in [0.25, 0.3) is 0 Å². The molecule has 0 aliphatic rings. The van der Waals surface area contributed by atoms with Gasteiger partial charge in [-0.25, -0.2) is 0 Å². The zero-order valence-electron chi connectivity index (χ0n) is 11.2. The van der Waals surface area contributed by atoms with Crippen molar-refractivity contribution in [2.75, 3.05) is 11.9 Å². The maximum absolute atomic E-state index is 9.79. The first-order valence-corrected chi connectivity index (χ1v) is 6.64. The van der Waals surface area contributed by atoms with Gasteiger partial charge in [-0.15, -0.1) is 0 Å². The van der Waals surface area contributed by atoms with Crippen molar-refractivity contribution in [3.63, 3.8) is 0 Å². The van der Waals surface area contributed by atoms with Crippen molar-refractivity contribution in [3.05, 3.63) is 64.7 Å². The fraction of sp³-hybridized carbons (Fsp3) is 0.250. The van der Waals surface area contributed by atoms with E-state index in [4.69, 9.17) is 11.6 Å². The molecule has 2 nitrogen and oxygen atoms in total. The van der Waals surface area contributed by atoms with E-state index < -0.39 is 5.54 Å². The first-order chi connectivity index (χ1) is 9.07. The molecule has 1 unspecified atom stereocenters. The van der Waals surface area contributed by atoms with Crippen molar-refractivity contribution in [2.45, 2.75) is 19.4 Å². The summed E-state index contributed by atoms with van der Waals surface area (Å²) in [5.41, 5.74) is 2.42. The number of anilines is 1. The lowest BCUT2D eigenvalue weighted by Crippen LogP contribution is -2.36. The van der Waals surface area contributed by atoms with Crippen molar-refractivity contribution < 1.29 is 5.11 Å². The normalized spacial score (nSPS) is 13.9. The number of nitrogens with one attached hydrogen (secondary N) is 1. The number of benzene rings is 2. The van der Waals surface area contributed by atoms with Crippen LogP contribution >= 0.6 is 11.6 Å². The summed E-state index contributed by atoms with van der Waals surface area (Å²) in [6.45, 7) is 3.94. The van der Waals surface area contributed by atoms with Crippen LogP contribution in [0.2, 0.25) is 5.02 Å². The molecule has 0 fully saturated rings. The summed E-state index contributed by atoms with van der Waals surface area (Å²) in [7, 11) is 0. The Labute approximate surface area is 119 Å². The quantitative estimate of drug-likeness (QED) is 0.885. The van der Waals surface area contributed by atoms with Gasteiger partial charge in [-0.2, -0.15) is 0 Å². The van der Waals surface area contributed by atoms with Crippen LogP contribution in [0.1, 0.15) is 18.1 Å². The third-order valence-corrected chi connectivity index (χ3v) is 3.67. The molecular formula is C16H18ClNO. The molecule has 0 bridgehead atoms. The molecule has 0 aliphatic carbocycles. The van der Waals surface area contributed by atoms with Gasteiger partial charge in [0, 0.05) is 10.7 Å². The van der Waals surface area contributed by atoms with Crippen molar-refractivity contribution in [1.82, 2.24) is 0 Å². The number of rotatable bonds is 4. The van der Waals surface area contributed by atoms with Gasteiger partial charge in [-0.05, 0) is 37.1 Å². The van der Waals surface area contributed by atoms with Gasteiger partial charge >= 0.3 is 0 Å². The van der Waals surface area contributed by atoms with E-state index in [1.54, 1.807) is 0 Å². The lowest BCUT2D eigenvalue weighted by atomic mass is 9.92. The van der Waals surface area contributed by atoms with Gasteiger partial charge in [0.05, 0.1) is 12.1 Å². The molecule has 0 aromatic heterocycles. The molecule has 100 valence electrons. The molecule has 1 atom stereocenters. The minimum Gasteiger partial charge on any atom is -0.394 e. The van der Waals surface area contributed by atoms with Crippen LogP contribution in [0.4, 0.5) is 5.69 Å². The largest absolute Gasteiger partial charge is 0.394 e. The predicted octanol–water partition coefficient (Wildman–Crippen LogP) is 3.97. The average Bonchev–Trinajstić information content (AvgIpc) is 2.42. The third kappa shape index (κ3) is 2.91. The molecule has 0 spiro atoms. The second-order valence-corrected chi connectivity index (χ2v) is 5.32. The molecule has 19 heavy (non-hydrogen) atoms. The van der Waals surface area contributed by atoms with Gasteiger partial charge in [-0.3, -0.25) is 0 Å². The number of hydrogen-bond acceptors (Lipinski definition) is 2. The molecule has 0 radical (unpaired) electrons. The fourth-order valence-corrected chi connectivity index (χ4v) is 2.46. The second kappa shape index (κ2) is 5.64. The van der Waals surface area contributed by atoms with Crippen molar-refractivity contribution in [2.24, 2.45) is 0 Å². The van der Waals surface area contributed by atoms with Crippen LogP contribution in [0.15, 0.2) is 48.5 Å². The standard InChI is InChI=1S/C16H18ClNO/c1-12-7-3-6-10-15(12)18-16(2,11-19)13-8-4-5-9-14(13)17/h3-10,18-19H,11H2,1-2H3. The first-order valence-electron chi connectivity index (χ1n) is 6.26. The summed E-state index contributed by atoms with van der Waals surface area (Å²) >= 11 is 6.24. The van der Waals surface area contributed by atoms with E-state index >= 15 is 0 Å². The summed E-state index contributed by atoms with van der Waals surface area (Å²) in [6, 6.07) is 15.6. The van der Waals surface area contributed by atoms with E-state index in [9.17, 15) is 5.11 Å². The smallest absolute Gasteiger partial charge is 0.0842 e. The van der Waals surface area contributed by atoms with Gasteiger partial charge < -0.3 is 10.4 Å². The van der Waals surface area contributed by atoms with E-state index in [1.807, 2.05) is 62.4 Å². The van der Waals surface area contributed by atoms with E-state index in [2.05, 4.69) is 5.32 Å². The highest BCUT2D eigenvalue weighted by Gasteiger charge is 2.28. The van der Waals surface area contributed by atoms with E-state index in [1.165, 1.54) is 0 Å². The number of aryl methyl sites for hydroxylation is 1. The van der Waals surface area contributed by atoms with Crippen LogP contribution < -0.4 is 5.32 Å². The minimum absolute atomic E-state index is 0.0366. The molecule has 0 amide bonds. The average molecular weight is 276 g/mol. The van der Waals surface area contributed by atoms with Crippen molar-refractivity contribution >= 4 is 17.3 Å². The first kappa shape index (κ1) is 13.9. The lowest BCUT2D eigenvalue weighted by Gasteiger charge is -2.32. The molecule has 0 heterocycles. The molecule has 0 saturated heterocycles. The molecule has 3 heteroatoms. The van der Waals surface area contributed by atoms with Crippen LogP contribution in [0, 0.1) is 6.92 Å². The topological polar surface area (TPSA) is 32.3 Å². The predicted molar refractivity (Wildman–Crippen MR) is 80.7 cm³/mol. The lowest BCUT2D eigenvalue weighted by molar-refractivity contribution is 0.224. The van der Waals surface area contributed by atoms with E-state index in [0.29, 0.717) is 5.02 Å². The van der Waals surface area contributed by atoms with Gasteiger partial charge in [-0.1, -0.05) is 48.0 Å². The zero-order chi connectivity index (χ0) is 13.9. The Morgan fingerprint density at radius 2 is 1.74 bits per heavy atom. The Morgan fingerprint density at radius 3 is 2.37 bits per heavy atom. The maximum Gasteiger partial charge on any atom is 0.0842 e. The summed E-state index contributed by atoms with van der Waals surface area (Å²) < 4.78 is 0. The summed E-state index contributed by atoms with van der Waals surface area (Å²) in [5.74, 6) is 0. The van der Waals surface area contributed by atoms with Crippen LogP contribution in [0.5, 0.6) is 0 Å². The second-order valence-electron chi connectivity index (χ2n) is 4.91. The number of aliphatic hydroxyl groups excluding tert-OH is 1. The van der Waals surface area contributed by atoms with Crippen LogP contribution in [-0.2, 0) is 5.54 Å². The molecule has 2 rings (SSSR count). The molecule has 0 saturated carbocycles. The Hall–Kier alpha value is -1.51. The highest BCUT2D eigenvalue weighted by Crippen LogP contribution is 2.31. The number of aliphatic hydroxyl groups is 1. The Morgan fingerprint density at radius 1 is 1.11 bits per heavy atom. The van der Waals surface area contributed by atoms with Gasteiger partial charge in [0.15, 0.2) is 0 Å². The molecule has 2 aromatic rings. The van der Waals surface area contributed by atoms with Crippen molar-refractivity contribution in [1.29, 1.82) is 0 Å². The maximum atomic E-state index is 9.79. The Balaban J connectivity index is 2.39. The van der Waals surface area contributed by atoms with E-state index in [-0.39, 0.29) is 6.61 Å². The molecular weight excluding hydrogens is 258 g/mol. The highest BCUT2D eigenvalue weighted by molar-refractivity contribution is 6.31. The Kier molecular flexibility index (Phi) is 4.13. The van der Waals surface area contributed by atoms with E-state index in [0.717, 1.165) is 16.8 Å². The Bertz CT molecular complexity index is 570. The van der Waals surface area contributed by atoms with Gasteiger partial charge in [0.1, 0.15) is 0 Å². The molecule has 0 aliphatic heterocycles. The fourth-order valence-electron chi connectivity index (χ4n) is 2.11. The highest BCUT2D eigenvalue weighted by atomic mass is 35.5. The molecule has 2 aromatic carbocycles. The summed E-state index contributed by atoms with van der Waals surface area (Å²) in [4.78, 5) is 0. The molecule has 2 N–H and O–H groups in total.